The summed E-state index contributed by atoms with van der Waals surface area (Å²) in [6, 6.07) is 49.0. The molecule has 76 heavy (non-hydrogen) atoms. The number of carbonyl (C=O) groups is 2. The van der Waals surface area contributed by atoms with Crippen LogP contribution in [0.25, 0.3) is 0 Å². The number of aromatic nitrogens is 4. The van der Waals surface area contributed by atoms with Gasteiger partial charge >= 0.3 is 12.1 Å². The maximum atomic E-state index is 13.6. The van der Waals surface area contributed by atoms with Gasteiger partial charge in [0.15, 0.2) is 34.4 Å². The van der Waals surface area contributed by atoms with Crippen LogP contribution in [0.15, 0.2) is 184 Å². The number of amidine groups is 2. The molecule has 0 radical (unpaired) electrons. The second-order valence-corrected chi connectivity index (χ2v) is 18.5. The van der Waals surface area contributed by atoms with Gasteiger partial charge in [0.1, 0.15) is 35.6 Å². The highest BCUT2D eigenvalue weighted by Gasteiger charge is 2.56. The predicted octanol–water partition coefficient (Wildman–Crippen LogP) is 10.1. The number of urea groups is 2. The molecular weight excluding hydrogens is 957 g/mol. The van der Waals surface area contributed by atoms with Gasteiger partial charge in [-0.2, -0.15) is 0 Å². The number of hydrogen-bond donors (Lipinski definition) is 3. The smallest absolute Gasteiger partial charge is 0.324 e. The lowest BCUT2D eigenvalue weighted by Gasteiger charge is -2.29. The SMILES string of the molecule is COc1ccc(CN2C(=O)NC3(c4ccc(C)cc4)C2=NC=Nc2c3ncn2Cc2ccc(OC)cc2)cc1.COc1ccc(CN2C(=O)NC3(c4ccc(C)cc4)C2=NC=Nc2nc[nH]c23)cc1.Cc1ccccc1. The molecule has 2 atom stereocenters. The maximum absolute atomic E-state index is 13.6. The molecule has 0 bridgehead atoms. The van der Waals surface area contributed by atoms with Crippen molar-refractivity contribution in [3.8, 4) is 17.2 Å². The highest BCUT2D eigenvalue weighted by molar-refractivity contribution is 6.16. The van der Waals surface area contributed by atoms with Crippen molar-refractivity contribution < 1.29 is 23.8 Å². The van der Waals surface area contributed by atoms with Crippen LogP contribution in [-0.2, 0) is 30.7 Å². The Bertz CT molecular complexity index is 3480. The summed E-state index contributed by atoms with van der Waals surface area (Å²) in [6.45, 7) is 7.38. The van der Waals surface area contributed by atoms with Crippen molar-refractivity contribution in [3.05, 3.63) is 220 Å². The molecule has 2 unspecified atom stereocenters. The lowest BCUT2D eigenvalue weighted by Crippen LogP contribution is -2.45. The van der Waals surface area contributed by atoms with Crippen LogP contribution in [0.2, 0.25) is 0 Å². The second-order valence-electron chi connectivity index (χ2n) is 18.5. The van der Waals surface area contributed by atoms with Crippen LogP contribution in [0.1, 0.15) is 55.9 Å². The topological polar surface area (TPSA) is 188 Å². The molecule has 2 saturated heterocycles. The van der Waals surface area contributed by atoms with E-state index in [-0.39, 0.29) is 12.1 Å². The van der Waals surface area contributed by atoms with Crippen LogP contribution in [0.4, 0.5) is 21.2 Å². The predicted molar refractivity (Wildman–Crippen MR) is 293 cm³/mol. The zero-order valence-corrected chi connectivity index (χ0v) is 42.9. The van der Waals surface area contributed by atoms with Gasteiger partial charge in [-0.15, -0.1) is 0 Å². The third kappa shape index (κ3) is 9.68. The Labute approximate surface area is 440 Å². The van der Waals surface area contributed by atoms with Crippen molar-refractivity contribution in [1.29, 1.82) is 0 Å². The van der Waals surface area contributed by atoms with Crippen LogP contribution in [0, 0.1) is 20.8 Å². The summed E-state index contributed by atoms with van der Waals surface area (Å²) >= 11 is 0. The Balaban J connectivity index is 0.000000157. The quantitative estimate of drug-likeness (QED) is 0.115. The van der Waals surface area contributed by atoms with Gasteiger partial charge in [-0.1, -0.05) is 132 Å². The number of benzene rings is 6. The summed E-state index contributed by atoms with van der Waals surface area (Å²) in [5, 5.41) is 6.41. The summed E-state index contributed by atoms with van der Waals surface area (Å²) < 4.78 is 17.8. The van der Waals surface area contributed by atoms with Gasteiger partial charge in [-0.3, -0.25) is 9.80 Å². The van der Waals surface area contributed by atoms with Gasteiger partial charge in [-0.25, -0.2) is 39.5 Å². The van der Waals surface area contributed by atoms with E-state index in [2.05, 4.69) is 49.6 Å². The average molecular weight is 1010 g/mol. The van der Waals surface area contributed by atoms with E-state index in [0.29, 0.717) is 54.3 Å². The van der Waals surface area contributed by atoms with Gasteiger partial charge in [0.2, 0.25) is 0 Å². The lowest BCUT2D eigenvalue weighted by molar-refractivity contribution is 0.224. The normalized spacial score (nSPS) is 17.6. The van der Waals surface area contributed by atoms with Gasteiger partial charge in [-0.05, 0) is 85.0 Å². The average Bonchev–Trinajstić information content (AvgIpc) is 4.34. The number of methoxy groups -OCH3 is 3. The Morgan fingerprint density at radius 3 is 1.43 bits per heavy atom. The van der Waals surface area contributed by atoms with Crippen LogP contribution in [0.3, 0.4) is 0 Å². The number of nitrogens with one attached hydrogen (secondary N) is 3. The number of carbonyl (C=O) groups excluding carboxylic acids is 2. The molecule has 4 aliphatic heterocycles. The fraction of sp³-hybridized carbons (Fsp3) is 0.186. The number of aryl methyl sites for hydroxylation is 3. The second kappa shape index (κ2) is 21.4. The van der Waals surface area contributed by atoms with Crippen molar-refractivity contribution in [1.82, 2.24) is 40.0 Å². The van der Waals surface area contributed by atoms with E-state index in [9.17, 15) is 9.59 Å². The third-order valence-corrected chi connectivity index (χ3v) is 13.6. The number of aromatic amines is 1. The molecule has 6 heterocycles. The first kappa shape index (κ1) is 49.9. The van der Waals surface area contributed by atoms with Crippen molar-refractivity contribution in [2.45, 2.75) is 51.5 Å². The number of hydrogen-bond acceptors (Lipinski definition) is 11. The van der Waals surface area contributed by atoms with E-state index < -0.39 is 11.1 Å². The molecule has 2 fully saturated rings. The first-order valence-electron chi connectivity index (χ1n) is 24.6. The molecule has 4 aliphatic rings. The zero-order valence-electron chi connectivity index (χ0n) is 42.9. The van der Waals surface area contributed by atoms with Gasteiger partial charge < -0.3 is 34.4 Å². The molecule has 17 heteroatoms. The standard InChI is InChI=1S/C30H28N6O3.C22H20N6O2.C7H8/c1-20-4-10-23(11-5-20)30-26-27(35(19-33-26)16-21-6-12-24(38-2)13-7-21)31-18-32-28(30)36(29(37)34-30)17-22-8-14-25(39-3)15-9-22;1-14-3-7-16(8-4-14)22-18-19(24-12-23-18)25-13-26-20(22)28(21(29)27-22)11-15-5-9-17(30-2)10-6-15;1-7-5-3-2-4-6-7/h4-15,18-19H,16-17H2,1-3H3,(H,34,37);3-10,12-13H,11H2,1-2H3,(H,23,24)(H,27,29);2-6H,1H3. The summed E-state index contributed by atoms with van der Waals surface area (Å²) in [5.41, 5.74) is 7.48. The Morgan fingerprint density at radius 1 is 0.500 bits per heavy atom. The lowest BCUT2D eigenvalue weighted by atomic mass is 9.85. The molecule has 4 amide bonds. The van der Waals surface area contributed by atoms with Gasteiger partial charge in [0.05, 0.1) is 59.3 Å². The highest BCUT2D eigenvalue weighted by atomic mass is 16.5. The molecule has 12 rings (SSSR count). The minimum absolute atomic E-state index is 0.235. The molecule has 0 saturated carbocycles. The minimum Gasteiger partial charge on any atom is -0.497 e. The van der Waals surface area contributed by atoms with E-state index in [0.717, 1.165) is 56.2 Å². The fourth-order valence-corrected chi connectivity index (χ4v) is 9.54. The number of rotatable bonds is 11. The zero-order chi connectivity index (χ0) is 52.8. The number of imidazole rings is 2. The van der Waals surface area contributed by atoms with Crippen molar-refractivity contribution in [3.63, 3.8) is 0 Å². The molecule has 0 spiro atoms. The number of nitrogens with zero attached hydrogens (tertiary/aromatic N) is 9. The molecular formula is C59H56N12O5. The number of H-pyrrole nitrogens is 1. The van der Waals surface area contributed by atoms with Crippen LogP contribution < -0.4 is 24.8 Å². The van der Waals surface area contributed by atoms with E-state index in [1.807, 2.05) is 158 Å². The Hall–Kier alpha value is -9.64. The molecule has 3 N–H and O–H groups in total. The molecule has 382 valence electrons. The molecule has 0 aliphatic carbocycles. The largest absolute Gasteiger partial charge is 0.497 e. The van der Waals surface area contributed by atoms with E-state index in [4.69, 9.17) is 29.2 Å². The van der Waals surface area contributed by atoms with Crippen LogP contribution in [-0.4, -0.2) is 87.1 Å². The van der Waals surface area contributed by atoms with Crippen molar-refractivity contribution in [2.75, 3.05) is 21.3 Å². The summed E-state index contributed by atoms with van der Waals surface area (Å²) in [7, 11) is 4.90. The number of amides is 4. The molecule has 8 aromatic rings. The molecule has 6 aromatic carbocycles. The first-order valence-corrected chi connectivity index (χ1v) is 24.6. The van der Waals surface area contributed by atoms with E-state index >= 15 is 0 Å². The summed E-state index contributed by atoms with van der Waals surface area (Å²) in [4.78, 5) is 60.8. The number of ether oxygens (including phenoxy) is 3. The summed E-state index contributed by atoms with van der Waals surface area (Å²) in [5.74, 6) is 4.54. The van der Waals surface area contributed by atoms with Gasteiger partial charge in [0, 0.05) is 0 Å². The van der Waals surface area contributed by atoms with Crippen LogP contribution in [0.5, 0.6) is 17.2 Å². The van der Waals surface area contributed by atoms with Gasteiger partial charge in [0.25, 0.3) is 0 Å². The van der Waals surface area contributed by atoms with Crippen molar-refractivity contribution in [2.24, 2.45) is 20.0 Å². The number of aliphatic imine (C=N–C) groups is 4. The first-order chi connectivity index (χ1) is 37.0. The Morgan fingerprint density at radius 2 is 0.947 bits per heavy atom. The Kier molecular flexibility index (Phi) is 14.1. The molecule has 2 aromatic heterocycles. The summed E-state index contributed by atoms with van der Waals surface area (Å²) in [6.07, 6.45) is 6.31. The third-order valence-electron chi connectivity index (χ3n) is 13.6. The van der Waals surface area contributed by atoms with Crippen LogP contribution >= 0.6 is 0 Å². The minimum atomic E-state index is -1.10. The number of fused-ring (bicyclic) bond motifs is 6. The van der Waals surface area contributed by atoms with E-state index in [1.54, 1.807) is 43.8 Å². The monoisotopic (exact) mass is 1010 g/mol. The highest BCUT2D eigenvalue weighted by Crippen LogP contribution is 2.44. The molecule has 17 nitrogen and oxygen atoms in total. The van der Waals surface area contributed by atoms with Crippen molar-refractivity contribution >= 4 is 48.0 Å². The fourth-order valence-electron chi connectivity index (χ4n) is 9.54. The van der Waals surface area contributed by atoms with E-state index in [1.165, 1.54) is 18.2 Å². The maximum Gasteiger partial charge on any atom is 0.324 e.